The molecule has 140 valence electrons. The third-order valence-corrected chi connectivity index (χ3v) is 7.08. The van der Waals surface area contributed by atoms with E-state index >= 15 is 0 Å². The van der Waals surface area contributed by atoms with Crippen LogP contribution in [0.15, 0.2) is 29.2 Å². The van der Waals surface area contributed by atoms with Crippen LogP contribution in [0.3, 0.4) is 0 Å². The fraction of sp³-hybridized carbons (Fsp3) is 0.611. The third kappa shape index (κ3) is 4.40. The van der Waals surface area contributed by atoms with Crippen molar-refractivity contribution < 1.29 is 13.2 Å². The SMILES string of the molecule is CCN(CC)S(=O)(=O)c1ccc(C(=O)N2CCC(C(C)N)CC2)cc1. The Morgan fingerprint density at radius 1 is 1.20 bits per heavy atom. The molecule has 0 bridgehead atoms. The van der Waals surface area contributed by atoms with Crippen LogP contribution in [-0.2, 0) is 10.0 Å². The molecule has 0 saturated carbocycles. The van der Waals surface area contributed by atoms with Gasteiger partial charge >= 0.3 is 0 Å². The molecule has 2 rings (SSSR count). The summed E-state index contributed by atoms with van der Waals surface area (Å²) in [7, 11) is -3.49. The average Bonchev–Trinajstić information content (AvgIpc) is 2.62. The first-order chi connectivity index (χ1) is 11.8. The summed E-state index contributed by atoms with van der Waals surface area (Å²) in [4.78, 5) is 14.7. The van der Waals surface area contributed by atoms with Gasteiger partial charge in [0.05, 0.1) is 4.90 Å². The number of nitrogens with zero attached hydrogens (tertiary/aromatic N) is 2. The Morgan fingerprint density at radius 2 is 1.72 bits per heavy atom. The number of nitrogens with two attached hydrogens (primary N) is 1. The second-order valence-electron chi connectivity index (χ2n) is 6.60. The molecule has 0 radical (unpaired) electrons. The van der Waals surface area contributed by atoms with Crippen LogP contribution in [0.25, 0.3) is 0 Å². The van der Waals surface area contributed by atoms with Gasteiger partial charge in [0.25, 0.3) is 5.91 Å². The minimum Gasteiger partial charge on any atom is -0.339 e. The van der Waals surface area contributed by atoms with E-state index in [1.54, 1.807) is 12.1 Å². The molecule has 1 heterocycles. The minimum atomic E-state index is -3.49. The Balaban J connectivity index is 2.09. The molecule has 1 aromatic carbocycles. The van der Waals surface area contributed by atoms with Crippen LogP contribution in [0, 0.1) is 5.92 Å². The molecule has 0 aromatic heterocycles. The van der Waals surface area contributed by atoms with Gasteiger partial charge in [0.2, 0.25) is 10.0 Å². The van der Waals surface area contributed by atoms with Gasteiger partial charge in [-0.05, 0) is 49.9 Å². The summed E-state index contributed by atoms with van der Waals surface area (Å²) >= 11 is 0. The van der Waals surface area contributed by atoms with E-state index in [9.17, 15) is 13.2 Å². The Hall–Kier alpha value is -1.44. The second kappa shape index (κ2) is 8.29. The molecule has 7 heteroatoms. The van der Waals surface area contributed by atoms with Gasteiger partial charge in [0, 0.05) is 37.8 Å². The van der Waals surface area contributed by atoms with Gasteiger partial charge in [-0.25, -0.2) is 8.42 Å². The van der Waals surface area contributed by atoms with E-state index in [1.807, 2.05) is 25.7 Å². The highest BCUT2D eigenvalue weighted by Gasteiger charge is 2.26. The summed E-state index contributed by atoms with van der Waals surface area (Å²) in [6.45, 7) is 7.88. The number of hydrogen-bond acceptors (Lipinski definition) is 4. The van der Waals surface area contributed by atoms with Gasteiger partial charge in [0.1, 0.15) is 0 Å². The molecule has 1 atom stereocenters. The Bertz CT molecular complexity index is 674. The summed E-state index contributed by atoms with van der Waals surface area (Å²) < 4.78 is 26.4. The Labute approximate surface area is 151 Å². The van der Waals surface area contributed by atoms with Crippen molar-refractivity contribution in [2.24, 2.45) is 11.7 Å². The number of benzene rings is 1. The molecule has 1 saturated heterocycles. The summed E-state index contributed by atoms with van der Waals surface area (Å²) in [5.41, 5.74) is 6.47. The fourth-order valence-electron chi connectivity index (χ4n) is 3.29. The Morgan fingerprint density at radius 3 is 2.16 bits per heavy atom. The topological polar surface area (TPSA) is 83.7 Å². The Kier molecular flexibility index (Phi) is 6.59. The average molecular weight is 368 g/mol. The molecule has 1 aliphatic rings. The van der Waals surface area contributed by atoms with Crippen LogP contribution in [0.4, 0.5) is 0 Å². The molecule has 0 aliphatic carbocycles. The maximum atomic E-state index is 12.6. The van der Waals surface area contributed by atoms with E-state index in [2.05, 4.69) is 0 Å². The van der Waals surface area contributed by atoms with Gasteiger partial charge in [-0.15, -0.1) is 0 Å². The lowest BCUT2D eigenvalue weighted by molar-refractivity contribution is 0.0681. The first kappa shape index (κ1) is 19.9. The lowest BCUT2D eigenvalue weighted by atomic mass is 9.90. The van der Waals surface area contributed by atoms with Gasteiger partial charge in [-0.3, -0.25) is 4.79 Å². The van der Waals surface area contributed by atoms with Crippen molar-refractivity contribution in [3.8, 4) is 0 Å². The summed E-state index contributed by atoms with van der Waals surface area (Å²) in [5.74, 6) is 0.417. The van der Waals surface area contributed by atoms with Gasteiger partial charge in [0.15, 0.2) is 0 Å². The molecule has 2 N–H and O–H groups in total. The van der Waals surface area contributed by atoms with Crippen molar-refractivity contribution in [3.63, 3.8) is 0 Å². The van der Waals surface area contributed by atoms with E-state index in [1.165, 1.54) is 16.4 Å². The van der Waals surface area contributed by atoms with E-state index in [0.717, 1.165) is 12.8 Å². The van der Waals surface area contributed by atoms with E-state index in [-0.39, 0.29) is 16.8 Å². The monoisotopic (exact) mass is 367 g/mol. The summed E-state index contributed by atoms with van der Waals surface area (Å²) in [6.07, 6.45) is 1.83. The molecule has 1 aliphatic heterocycles. The lowest BCUT2D eigenvalue weighted by Gasteiger charge is -2.33. The van der Waals surface area contributed by atoms with Crippen LogP contribution >= 0.6 is 0 Å². The normalized spacial score (nSPS) is 17.7. The summed E-state index contributed by atoms with van der Waals surface area (Å²) in [6, 6.07) is 6.42. The number of carbonyl (C=O) groups excluding carboxylic acids is 1. The molecule has 0 spiro atoms. The molecule has 6 nitrogen and oxygen atoms in total. The van der Waals surface area contributed by atoms with Gasteiger partial charge in [-0.1, -0.05) is 13.8 Å². The lowest BCUT2D eigenvalue weighted by Crippen LogP contribution is -2.42. The molecule has 1 aromatic rings. The van der Waals surface area contributed by atoms with Crippen LogP contribution in [-0.4, -0.2) is 55.8 Å². The number of likely N-dealkylation sites (tertiary alicyclic amines) is 1. The number of rotatable bonds is 6. The van der Waals surface area contributed by atoms with Crippen LogP contribution < -0.4 is 5.73 Å². The molecular weight excluding hydrogens is 338 g/mol. The highest BCUT2D eigenvalue weighted by atomic mass is 32.2. The molecule has 1 fully saturated rings. The number of carbonyl (C=O) groups is 1. The van der Waals surface area contributed by atoms with E-state index < -0.39 is 10.0 Å². The quantitative estimate of drug-likeness (QED) is 0.832. The zero-order valence-electron chi connectivity index (χ0n) is 15.3. The van der Waals surface area contributed by atoms with Crippen molar-refractivity contribution in [1.82, 2.24) is 9.21 Å². The largest absolute Gasteiger partial charge is 0.339 e. The number of piperidine rings is 1. The van der Waals surface area contributed by atoms with E-state index in [0.29, 0.717) is 37.7 Å². The predicted octanol–water partition coefficient (Wildman–Crippen LogP) is 1.92. The maximum absolute atomic E-state index is 12.6. The molecule has 1 amide bonds. The van der Waals surface area contributed by atoms with Gasteiger partial charge < -0.3 is 10.6 Å². The highest BCUT2D eigenvalue weighted by Crippen LogP contribution is 2.22. The number of amides is 1. The van der Waals surface area contributed by atoms with Crippen LogP contribution in [0.2, 0.25) is 0 Å². The third-order valence-electron chi connectivity index (χ3n) is 5.01. The standard InChI is InChI=1S/C18H29N3O3S/c1-4-21(5-2)25(23,24)17-8-6-16(7-9-17)18(22)20-12-10-15(11-13-20)14(3)19/h6-9,14-15H,4-5,10-13,19H2,1-3H3. The summed E-state index contributed by atoms with van der Waals surface area (Å²) in [5, 5.41) is 0. The van der Waals surface area contributed by atoms with E-state index in [4.69, 9.17) is 5.73 Å². The van der Waals surface area contributed by atoms with Crippen LogP contribution in [0.1, 0.15) is 44.0 Å². The van der Waals surface area contributed by atoms with Gasteiger partial charge in [-0.2, -0.15) is 4.31 Å². The minimum absolute atomic E-state index is 0.0464. The van der Waals surface area contributed by atoms with Crippen molar-refractivity contribution in [2.75, 3.05) is 26.2 Å². The number of hydrogen-bond donors (Lipinski definition) is 1. The highest BCUT2D eigenvalue weighted by molar-refractivity contribution is 7.89. The molecule has 1 unspecified atom stereocenters. The molecular formula is C18H29N3O3S. The first-order valence-corrected chi connectivity index (χ1v) is 10.4. The van der Waals surface area contributed by atoms with Crippen molar-refractivity contribution in [1.29, 1.82) is 0 Å². The first-order valence-electron chi connectivity index (χ1n) is 8.96. The maximum Gasteiger partial charge on any atom is 0.253 e. The zero-order valence-corrected chi connectivity index (χ0v) is 16.1. The second-order valence-corrected chi connectivity index (χ2v) is 8.54. The predicted molar refractivity (Wildman–Crippen MR) is 98.8 cm³/mol. The fourth-order valence-corrected chi connectivity index (χ4v) is 4.75. The molecule has 25 heavy (non-hydrogen) atoms. The smallest absolute Gasteiger partial charge is 0.253 e. The van der Waals surface area contributed by atoms with Crippen LogP contribution in [0.5, 0.6) is 0 Å². The zero-order chi connectivity index (χ0) is 18.6. The van der Waals surface area contributed by atoms with Crippen molar-refractivity contribution >= 4 is 15.9 Å². The van der Waals surface area contributed by atoms with Crippen molar-refractivity contribution in [3.05, 3.63) is 29.8 Å². The number of sulfonamides is 1. The van der Waals surface area contributed by atoms with Crippen molar-refractivity contribution in [2.45, 2.75) is 44.6 Å².